The third-order valence-corrected chi connectivity index (χ3v) is 0. The molecular formula is H16Cl2HfO9+4. The van der Waals surface area contributed by atoms with Gasteiger partial charge in [0.1, 0.15) is 0 Å². The molecule has 12 heteroatoms. The summed E-state index contributed by atoms with van der Waals surface area (Å²) in [6.07, 6.45) is 0. The minimum atomic E-state index is 0. The predicted molar refractivity (Wildman–Crippen MR) is 41.7 cm³/mol. The molecule has 0 spiro atoms. The maximum atomic E-state index is 4.26. The number of rotatable bonds is 0. The zero-order valence-corrected chi connectivity index (χ0v) is 10.8. The van der Waals surface area contributed by atoms with Gasteiger partial charge >= 0.3 is 25.8 Å². The minimum absolute atomic E-state index is 0. The Bertz CT molecular complexity index is 12.5. The van der Waals surface area contributed by atoms with Crippen molar-refractivity contribution in [2.45, 2.75) is 0 Å². The molecule has 0 saturated heterocycles. The maximum Gasteiger partial charge on any atom is 4.00 e. The van der Waals surface area contributed by atoms with Crippen LogP contribution in [0.4, 0.5) is 0 Å². The summed E-state index contributed by atoms with van der Waals surface area (Å²) in [5.41, 5.74) is 0. The second kappa shape index (κ2) is 340. The van der Waals surface area contributed by atoms with Crippen molar-refractivity contribution in [2.75, 3.05) is 0 Å². The Kier molecular flexibility index (Phi) is 5680. The van der Waals surface area contributed by atoms with Crippen molar-refractivity contribution in [1.82, 2.24) is 0 Å². The fraction of sp³-hybridized carbons (Fsp3) is 0. The smallest absolute Gasteiger partial charge is 0.412 e. The second-order valence-electron chi connectivity index (χ2n) is 0.0583. The maximum absolute atomic E-state index is 4.26. The summed E-state index contributed by atoms with van der Waals surface area (Å²) < 4.78 is 3.19. The summed E-state index contributed by atoms with van der Waals surface area (Å²) in [4.78, 5) is 0. The van der Waals surface area contributed by atoms with Crippen molar-refractivity contribution in [2.24, 2.45) is 0 Å². The first-order valence-corrected chi connectivity index (χ1v) is 0.926. The minimum Gasteiger partial charge on any atom is -0.412 e. The summed E-state index contributed by atoms with van der Waals surface area (Å²) in [5.74, 6) is 0. The molecule has 0 radical (unpaired) electrons. The van der Waals surface area contributed by atoms with Gasteiger partial charge in [0.15, 0.2) is 0 Å². The van der Waals surface area contributed by atoms with E-state index in [1.165, 1.54) is 0 Å². The molecule has 0 aliphatic rings. The van der Waals surface area contributed by atoms with Crippen LogP contribution in [0.1, 0.15) is 0 Å². The molecule has 0 aromatic heterocycles. The molecule has 0 aromatic carbocycles. The van der Waals surface area contributed by atoms with Gasteiger partial charge in [-0.15, -0.1) is 0 Å². The van der Waals surface area contributed by atoms with Crippen molar-refractivity contribution in [3.8, 4) is 0 Å². The van der Waals surface area contributed by atoms with Crippen LogP contribution >= 0.6 is 23.7 Å². The van der Waals surface area contributed by atoms with E-state index in [0.29, 0.717) is 0 Å². The normalized spacial score (nSPS) is 1.50. The van der Waals surface area contributed by atoms with E-state index in [1.54, 1.807) is 0 Å². The van der Waals surface area contributed by atoms with Gasteiger partial charge in [-0.1, -0.05) is 0 Å². The number of hydrogen-bond acceptors (Lipinski definition) is 1. The van der Waals surface area contributed by atoms with Gasteiger partial charge in [0.25, 0.3) is 0 Å². The molecular weight excluding hydrogens is 393 g/mol. The SMILES string of the molecule is ClOCl.O.O.O.O.O.O.O.O.[Hf+4]. The zero-order valence-electron chi connectivity index (χ0n) is 5.66. The standard InChI is InChI=1S/Cl2O.Hf.8H2O/c1-3-2;;;;;;;;;/h;;8*1H2/q;+4;;;;;;;;. The summed E-state index contributed by atoms with van der Waals surface area (Å²) >= 11 is 8.53. The summed E-state index contributed by atoms with van der Waals surface area (Å²) in [5, 5.41) is 0. The van der Waals surface area contributed by atoms with Gasteiger partial charge in [0.05, 0.1) is 23.7 Å². The molecule has 12 heavy (non-hydrogen) atoms. The van der Waals surface area contributed by atoms with E-state index >= 15 is 0 Å². The van der Waals surface area contributed by atoms with E-state index in [2.05, 4.69) is 27.6 Å². The van der Waals surface area contributed by atoms with Crippen molar-refractivity contribution in [3.05, 3.63) is 0 Å². The molecule has 0 aliphatic heterocycles. The monoisotopic (exact) mass is 410 g/mol. The molecule has 0 aromatic rings. The van der Waals surface area contributed by atoms with Crippen molar-refractivity contribution >= 4 is 23.7 Å². The van der Waals surface area contributed by atoms with Gasteiger partial charge in [-0.3, -0.25) is 0 Å². The first-order chi connectivity index (χ1) is 1.41. The topological polar surface area (TPSA) is 261 Å². The molecule has 0 fully saturated rings. The van der Waals surface area contributed by atoms with Crippen LogP contribution in [0, 0.1) is 0 Å². The Labute approximate surface area is 97.2 Å². The zero-order chi connectivity index (χ0) is 2.71. The van der Waals surface area contributed by atoms with Crippen molar-refractivity contribution in [1.29, 1.82) is 0 Å². The van der Waals surface area contributed by atoms with Crippen LogP contribution in [-0.4, -0.2) is 43.8 Å². The van der Waals surface area contributed by atoms with E-state index in [1.807, 2.05) is 0 Å². The molecule has 0 bridgehead atoms. The van der Waals surface area contributed by atoms with Gasteiger partial charge in [0, 0.05) is 0 Å². The molecule has 0 amide bonds. The Hall–Kier alpha value is 1.09. The van der Waals surface area contributed by atoms with Crippen LogP contribution in [0.2, 0.25) is 0 Å². The second-order valence-corrected chi connectivity index (χ2v) is 0.525. The Balaban J connectivity index is -0.000000000556. The van der Waals surface area contributed by atoms with E-state index in [4.69, 9.17) is 0 Å². The number of hydrogen-bond donors (Lipinski definition) is 0. The molecule has 0 heterocycles. The van der Waals surface area contributed by atoms with Gasteiger partial charge in [-0.2, -0.15) is 3.84 Å². The van der Waals surface area contributed by atoms with Crippen LogP contribution in [0.3, 0.4) is 0 Å². The quantitative estimate of drug-likeness (QED) is 0.348. The van der Waals surface area contributed by atoms with Gasteiger partial charge in [-0.05, 0) is 0 Å². The van der Waals surface area contributed by atoms with E-state index in [9.17, 15) is 0 Å². The van der Waals surface area contributed by atoms with Crippen LogP contribution in [0.25, 0.3) is 0 Å². The molecule has 0 unspecified atom stereocenters. The molecule has 0 saturated carbocycles. The molecule has 84 valence electrons. The largest absolute Gasteiger partial charge is 4.00 e. The average molecular weight is 410 g/mol. The summed E-state index contributed by atoms with van der Waals surface area (Å²) in [6.45, 7) is 0. The number of halogens is 2. The predicted octanol–water partition coefficient (Wildman–Crippen LogP) is -5.29. The fourth-order valence-electron chi connectivity index (χ4n) is 0. The van der Waals surface area contributed by atoms with Gasteiger partial charge < -0.3 is 43.8 Å². The third kappa shape index (κ3) is 950. The third-order valence-electron chi connectivity index (χ3n) is 0. The average Bonchev–Trinajstić information content (AvgIpc) is 0.918. The van der Waals surface area contributed by atoms with Gasteiger partial charge in [-0.25, -0.2) is 0 Å². The molecule has 16 N–H and O–H groups in total. The fourth-order valence-corrected chi connectivity index (χ4v) is 0. The molecule has 9 nitrogen and oxygen atoms in total. The van der Waals surface area contributed by atoms with Crippen LogP contribution < -0.4 is 0 Å². The van der Waals surface area contributed by atoms with E-state index in [0.717, 1.165) is 0 Å². The van der Waals surface area contributed by atoms with Crippen LogP contribution in [0.5, 0.6) is 0 Å². The molecule has 0 rings (SSSR count). The Morgan fingerprint density at radius 2 is 0.500 bits per heavy atom. The van der Waals surface area contributed by atoms with Crippen LogP contribution in [0.15, 0.2) is 0 Å². The molecule has 0 atom stereocenters. The summed E-state index contributed by atoms with van der Waals surface area (Å²) in [6, 6.07) is 0. The summed E-state index contributed by atoms with van der Waals surface area (Å²) in [7, 11) is 0. The first-order valence-electron chi connectivity index (χ1n) is 0.309. The van der Waals surface area contributed by atoms with E-state index in [-0.39, 0.29) is 69.7 Å². The Morgan fingerprint density at radius 3 is 0.500 bits per heavy atom. The first kappa shape index (κ1) is 200. The Morgan fingerprint density at radius 1 is 0.500 bits per heavy atom. The van der Waals surface area contributed by atoms with Crippen molar-refractivity contribution in [3.63, 3.8) is 0 Å². The van der Waals surface area contributed by atoms with E-state index < -0.39 is 0 Å². The van der Waals surface area contributed by atoms with Gasteiger partial charge in [0.2, 0.25) is 0 Å². The van der Waals surface area contributed by atoms with Crippen molar-refractivity contribution < 1.29 is 73.5 Å². The van der Waals surface area contributed by atoms with Crippen LogP contribution in [-0.2, 0) is 29.7 Å². The molecule has 0 aliphatic carbocycles.